The zero-order chi connectivity index (χ0) is 14.7. The topological polar surface area (TPSA) is 66.2 Å². The Bertz CT molecular complexity index is 634. The lowest BCUT2D eigenvalue weighted by Gasteiger charge is -2.13. The van der Waals surface area contributed by atoms with Crippen LogP contribution in [0.25, 0.3) is 11.0 Å². The number of aryl methyl sites for hydroxylation is 2. The Labute approximate surface area is 117 Å². The molecular weight excluding hydrogens is 258 g/mol. The molecule has 0 N–H and O–H groups in total. The maximum absolute atomic E-state index is 12.1. The number of carbonyl (C=O) groups excluding carboxylic acids is 1. The summed E-state index contributed by atoms with van der Waals surface area (Å²) in [7, 11) is 0. The molecule has 0 aliphatic rings. The fourth-order valence-electron chi connectivity index (χ4n) is 2.14. The first-order chi connectivity index (χ1) is 9.63. The van der Waals surface area contributed by atoms with Gasteiger partial charge in [-0.25, -0.2) is 14.5 Å². The smallest absolute Gasteiger partial charge is 0.343 e. The number of rotatable bonds is 5. The van der Waals surface area contributed by atoms with Crippen LogP contribution in [0.5, 0.6) is 5.75 Å². The molecule has 0 aliphatic heterocycles. The molecule has 20 heavy (non-hydrogen) atoms. The predicted octanol–water partition coefficient (Wildman–Crippen LogP) is 2.34. The van der Waals surface area contributed by atoms with Crippen molar-refractivity contribution < 1.29 is 14.3 Å². The van der Waals surface area contributed by atoms with Gasteiger partial charge < -0.3 is 9.47 Å². The van der Waals surface area contributed by atoms with E-state index >= 15 is 0 Å². The Kier molecular flexibility index (Phi) is 4.22. The van der Waals surface area contributed by atoms with E-state index in [1.165, 1.54) is 0 Å². The van der Waals surface area contributed by atoms with Crippen molar-refractivity contribution >= 4 is 17.0 Å². The van der Waals surface area contributed by atoms with Crippen molar-refractivity contribution in [3.05, 3.63) is 17.5 Å². The average molecular weight is 277 g/mol. The van der Waals surface area contributed by atoms with Crippen molar-refractivity contribution in [1.29, 1.82) is 0 Å². The highest BCUT2D eigenvalue weighted by atomic mass is 16.5. The van der Waals surface area contributed by atoms with E-state index in [2.05, 4.69) is 10.1 Å². The van der Waals surface area contributed by atoms with Crippen LogP contribution in [0, 0.1) is 6.92 Å². The molecule has 108 valence electrons. The molecule has 0 atom stereocenters. The van der Waals surface area contributed by atoms with Crippen molar-refractivity contribution in [2.75, 3.05) is 13.2 Å². The minimum absolute atomic E-state index is 0.316. The molecule has 0 radical (unpaired) electrons. The summed E-state index contributed by atoms with van der Waals surface area (Å²) in [6.07, 6.45) is 1.68. The Morgan fingerprint density at radius 1 is 1.30 bits per heavy atom. The Balaban J connectivity index is 2.70. The fraction of sp³-hybridized carbons (Fsp3) is 0.500. The van der Waals surface area contributed by atoms with Crippen molar-refractivity contribution in [1.82, 2.24) is 14.8 Å². The first kappa shape index (κ1) is 14.3. The average Bonchev–Trinajstić information content (AvgIpc) is 2.81. The van der Waals surface area contributed by atoms with Crippen LogP contribution in [0.2, 0.25) is 0 Å². The second-order valence-electron chi connectivity index (χ2n) is 4.25. The summed E-state index contributed by atoms with van der Waals surface area (Å²) in [5, 5.41) is 5.00. The number of hydrogen-bond donors (Lipinski definition) is 0. The van der Waals surface area contributed by atoms with Crippen LogP contribution in [0.4, 0.5) is 0 Å². The van der Waals surface area contributed by atoms with E-state index in [0.29, 0.717) is 36.8 Å². The quantitative estimate of drug-likeness (QED) is 0.785. The zero-order valence-corrected chi connectivity index (χ0v) is 12.3. The standard InChI is InChI=1S/C14H19N3O3/c1-5-17-13-10(8-15-17)12(19-6-2)11(9(4)16-13)14(18)20-7-3/h8H,5-7H2,1-4H3. The van der Waals surface area contributed by atoms with E-state index in [4.69, 9.17) is 9.47 Å². The number of hydrogen-bond acceptors (Lipinski definition) is 5. The number of nitrogens with zero attached hydrogens (tertiary/aromatic N) is 3. The summed E-state index contributed by atoms with van der Waals surface area (Å²) in [6, 6.07) is 0. The summed E-state index contributed by atoms with van der Waals surface area (Å²) in [5.74, 6) is 0.0975. The molecule has 0 amide bonds. The van der Waals surface area contributed by atoms with Crippen LogP contribution in [0.3, 0.4) is 0 Å². The summed E-state index contributed by atoms with van der Waals surface area (Å²) in [6.45, 7) is 8.90. The van der Waals surface area contributed by atoms with Gasteiger partial charge in [-0.1, -0.05) is 0 Å². The van der Waals surface area contributed by atoms with E-state index in [1.807, 2.05) is 13.8 Å². The molecule has 2 rings (SSSR count). The largest absolute Gasteiger partial charge is 0.492 e. The predicted molar refractivity (Wildman–Crippen MR) is 75.1 cm³/mol. The molecule has 0 saturated carbocycles. The number of pyridine rings is 1. The Morgan fingerprint density at radius 3 is 2.65 bits per heavy atom. The van der Waals surface area contributed by atoms with Crippen molar-refractivity contribution in [3.63, 3.8) is 0 Å². The number of aromatic nitrogens is 3. The van der Waals surface area contributed by atoms with E-state index in [0.717, 1.165) is 11.0 Å². The summed E-state index contributed by atoms with van der Waals surface area (Å²) < 4.78 is 12.5. The normalized spacial score (nSPS) is 10.8. The lowest BCUT2D eigenvalue weighted by Crippen LogP contribution is -2.12. The monoisotopic (exact) mass is 277 g/mol. The number of fused-ring (bicyclic) bond motifs is 1. The minimum Gasteiger partial charge on any atom is -0.492 e. The van der Waals surface area contributed by atoms with Crippen LogP contribution in [0.15, 0.2) is 6.20 Å². The Hall–Kier alpha value is -2.11. The fourth-order valence-corrected chi connectivity index (χ4v) is 2.14. The molecule has 0 aromatic carbocycles. The third-order valence-corrected chi connectivity index (χ3v) is 2.99. The summed E-state index contributed by atoms with van der Waals surface area (Å²) >= 11 is 0. The van der Waals surface area contributed by atoms with Crippen LogP contribution in [-0.2, 0) is 11.3 Å². The van der Waals surface area contributed by atoms with Gasteiger partial charge in [-0.15, -0.1) is 0 Å². The molecule has 0 aliphatic carbocycles. The van der Waals surface area contributed by atoms with Crippen molar-refractivity contribution in [3.8, 4) is 5.75 Å². The lowest BCUT2D eigenvalue weighted by atomic mass is 10.1. The second kappa shape index (κ2) is 5.90. The molecule has 0 saturated heterocycles. The van der Waals surface area contributed by atoms with Crippen LogP contribution in [0.1, 0.15) is 36.8 Å². The highest BCUT2D eigenvalue weighted by molar-refractivity contribution is 6.00. The van der Waals surface area contributed by atoms with Gasteiger partial charge in [0.2, 0.25) is 0 Å². The van der Waals surface area contributed by atoms with Gasteiger partial charge in [-0.2, -0.15) is 5.10 Å². The lowest BCUT2D eigenvalue weighted by molar-refractivity contribution is 0.0521. The SMILES string of the molecule is CCOC(=O)c1c(C)nc2c(cnn2CC)c1OCC. The minimum atomic E-state index is -0.410. The van der Waals surface area contributed by atoms with Crippen molar-refractivity contribution in [2.24, 2.45) is 0 Å². The summed E-state index contributed by atoms with van der Waals surface area (Å²) in [4.78, 5) is 16.6. The molecule has 0 spiro atoms. The van der Waals surface area contributed by atoms with Crippen LogP contribution in [-0.4, -0.2) is 33.9 Å². The Morgan fingerprint density at radius 2 is 2.05 bits per heavy atom. The maximum Gasteiger partial charge on any atom is 0.343 e. The van der Waals surface area contributed by atoms with Crippen LogP contribution < -0.4 is 4.74 Å². The molecule has 2 aromatic rings. The van der Waals surface area contributed by atoms with Gasteiger partial charge in [0, 0.05) is 6.54 Å². The zero-order valence-electron chi connectivity index (χ0n) is 12.3. The molecule has 0 unspecified atom stereocenters. The molecule has 0 fully saturated rings. The van der Waals surface area contributed by atoms with Gasteiger partial charge in [0.15, 0.2) is 5.65 Å². The molecule has 0 bridgehead atoms. The second-order valence-corrected chi connectivity index (χ2v) is 4.25. The summed E-state index contributed by atoms with van der Waals surface area (Å²) in [5.41, 5.74) is 1.70. The van der Waals surface area contributed by atoms with Gasteiger partial charge in [0.25, 0.3) is 0 Å². The van der Waals surface area contributed by atoms with Gasteiger partial charge in [-0.05, 0) is 27.7 Å². The molecule has 2 heterocycles. The first-order valence-electron chi connectivity index (χ1n) is 6.79. The van der Waals surface area contributed by atoms with Gasteiger partial charge >= 0.3 is 5.97 Å². The molecule has 2 aromatic heterocycles. The first-order valence-corrected chi connectivity index (χ1v) is 6.79. The third kappa shape index (κ3) is 2.33. The van der Waals surface area contributed by atoms with Gasteiger partial charge in [0.05, 0.1) is 30.5 Å². The highest BCUT2D eigenvalue weighted by Crippen LogP contribution is 2.31. The highest BCUT2D eigenvalue weighted by Gasteiger charge is 2.23. The number of ether oxygens (including phenoxy) is 2. The van der Waals surface area contributed by atoms with Crippen LogP contribution >= 0.6 is 0 Å². The van der Waals surface area contributed by atoms with E-state index < -0.39 is 5.97 Å². The maximum atomic E-state index is 12.1. The molecular formula is C14H19N3O3. The molecule has 6 nitrogen and oxygen atoms in total. The third-order valence-electron chi connectivity index (χ3n) is 2.99. The van der Waals surface area contributed by atoms with Crippen molar-refractivity contribution in [2.45, 2.75) is 34.2 Å². The van der Waals surface area contributed by atoms with Gasteiger partial charge in [0.1, 0.15) is 11.3 Å². The molecule has 6 heteroatoms. The number of carbonyl (C=O) groups is 1. The number of esters is 1. The van der Waals surface area contributed by atoms with Gasteiger partial charge in [-0.3, -0.25) is 0 Å². The van der Waals surface area contributed by atoms with E-state index in [-0.39, 0.29) is 0 Å². The van der Waals surface area contributed by atoms with E-state index in [1.54, 1.807) is 24.7 Å². The van der Waals surface area contributed by atoms with E-state index in [9.17, 15) is 4.79 Å².